The van der Waals surface area contributed by atoms with Crippen LogP contribution in [0.3, 0.4) is 0 Å². The topological polar surface area (TPSA) is 27.7 Å². The molecule has 1 aliphatic heterocycles. The van der Waals surface area contributed by atoms with E-state index >= 15 is 0 Å². The monoisotopic (exact) mass is 354 g/mol. The molecule has 0 aromatic heterocycles. The van der Waals surface area contributed by atoms with Crippen molar-refractivity contribution in [2.45, 2.75) is 58.1 Å². The Bertz CT molecular complexity index is 500. The highest BCUT2D eigenvalue weighted by Crippen LogP contribution is 2.40. The molecular formula is C16H24BBrO3. The highest BCUT2D eigenvalue weighted by Gasteiger charge is 2.51. The maximum Gasteiger partial charge on any atom is 0.458 e. The van der Waals surface area contributed by atoms with Crippen LogP contribution in [0.2, 0.25) is 6.32 Å². The molecule has 0 N–H and O–H groups in total. The maximum absolute atomic E-state index is 6.07. The van der Waals surface area contributed by atoms with Crippen LogP contribution in [0.15, 0.2) is 22.7 Å². The van der Waals surface area contributed by atoms with Crippen molar-refractivity contribution in [3.05, 3.63) is 28.2 Å². The van der Waals surface area contributed by atoms with Crippen molar-refractivity contribution in [2.24, 2.45) is 0 Å². The van der Waals surface area contributed by atoms with E-state index < -0.39 is 0 Å². The summed E-state index contributed by atoms with van der Waals surface area (Å²) >= 11 is 3.54. The quantitative estimate of drug-likeness (QED) is 0.736. The maximum atomic E-state index is 6.07. The van der Waals surface area contributed by atoms with Gasteiger partial charge in [0.2, 0.25) is 0 Å². The zero-order chi connectivity index (χ0) is 15.8. The van der Waals surface area contributed by atoms with Crippen LogP contribution in [0.5, 0.6) is 5.75 Å². The Labute approximate surface area is 136 Å². The van der Waals surface area contributed by atoms with Crippen molar-refractivity contribution >= 4 is 23.0 Å². The van der Waals surface area contributed by atoms with Crippen LogP contribution < -0.4 is 4.74 Å². The Balaban J connectivity index is 2.06. The number of rotatable bonds is 4. The fraction of sp³-hybridized carbons (Fsp3) is 0.625. The van der Waals surface area contributed by atoms with Crippen molar-refractivity contribution in [3.8, 4) is 5.75 Å². The normalized spacial score (nSPS) is 21.4. The molecule has 116 valence electrons. The number of ether oxygens (including phenoxy) is 1. The van der Waals surface area contributed by atoms with Crippen LogP contribution in [0.1, 0.15) is 46.1 Å². The Morgan fingerprint density at radius 1 is 1.19 bits per heavy atom. The molecule has 1 aliphatic rings. The van der Waals surface area contributed by atoms with Gasteiger partial charge in [0.25, 0.3) is 0 Å². The van der Waals surface area contributed by atoms with E-state index in [0.29, 0.717) is 5.92 Å². The molecule has 0 saturated carbocycles. The largest absolute Gasteiger partial charge is 0.496 e. The molecule has 1 fully saturated rings. The van der Waals surface area contributed by atoms with Crippen molar-refractivity contribution in [2.75, 3.05) is 7.11 Å². The summed E-state index contributed by atoms with van der Waals surface area (Å²) in [5, 5.41) is 0. The van der Waals surface area contributed by atoms with E-state index in [-0.39, 0.29) is 18.3 Å². The molecule has 0 unspecified atom stereocenters. The van der Waals surface area contributed by atoms with Gasteiger partial charge in [0.15, 0.2) is 0 Å². The third-order valence-corrected chi connectivity index (χ3v) is 5.21. The molecule has 3 nitrogen and oxygen atoms in total. The Hall–Kier alpha value is -0.515. The molecule has 1 heterocycles. The van der Waals surface area contributed by atoms with Gasteiger partial charge in [0.1, 0.15) is 5.75 Å². The van der Waals surface area contributed by atoms with Gasteiger partial charge < -0.3 is 14.0 Å². The summed E-state index contributed by atoms with van der Waals surface area (Å²) in [7, 11) is 1.51. The predicted molar refractivity (Wildman–Crippen MR) is 90.0 cm³/mol. The minimum atomic E-state index is -0.266. The number of hydrogen-bond acceptors (Lipinski definition) is 3. The Morgan fingerprint density at radius 2 is 1.76 bits per heavy atom. The first-order chi connectivity index (χ1) is 9.66. The summed E-state index contributed by atoms with van der Waals surface area (Å²) in [5.74, 6) is 1.20. The first-order valence-electron chi connectivity index (χ1n) is 7.35. The third-order valence-electron chi connectivity index (χ3n) is 4.59. The molecule has 1 saturated heterocycles. The summed E-state index contributed by atoms with van der Waals surface area (Å²) in [6, 6.07) is 6.19. The predicted octanol–water partition coefficient (Wildman–Crippen LogP) is 4.65. The van der Waals surface area contributed by atoms with Crippen LogP contribution in [-0.4, -0.2) is 25.4 Å². The van der Waals surface area contributed by atoms with E-state index in [1.54, 1.807) is 7.11 Å². The molecule has 21 heavy (non-hydrogen) atoms. The highest BCUT2D eigenvalue weighted by molar-refractivity contribution is 9.10. The molecule has 5 heteroatoms. The molecule has 0 aliphatic carbocycles. The minimum Gasteiger partial charge on any atom is -0.496 e. The van der Waals surface area contributed by atoms with Crippen LogP contribution in [0, 0.1) is 0 Å². The molecule has 0 bridgehead atoms. The Kier molecular flexibility index (Phi) is 4.76. The average Bonchev–Trinajstić information content (AvgIpc) is 2.57. The zero-order valence-electron chi connectivity index (χ0n) is 13.7. The second-order valence-corrected chi connectivity index (χ2v) is 7.57. The fourth-order valence-electron chi connectivity index (χ4n) is 2.48. The van der Waals surface area contributed by atoms with Crippen LogP contribution in [-0.2, 0) is 9.31 Å². The summed E-state index contributed by atoms with van der Waals surface area (Å²) in [6.45, 7) is 10.5. The first-order valence-corrected chi connectivity index (χ1v) is 8.14. The summed E-state index contributed by atoms with van der Waals surface area (Å²) in [6.07, 6.45) is 0.839. The number of hydrogen-bond donors (Lipinski definition) is 0. The molecular weight excluding hydrogens is 331 g/mol. The average molecular weight is 355 g/mol. The van der Waals surface area contributed by atoms with Crippen LogP contribution in [0.25, 0.3) is 0 Å². The van der Waals surface area contributed by atoms with Gasteiger partial charge >= 0.3 is 7.12 Å². The molecule has 0 amide bonds. The lowest BCUT2D eigenvalue weighted by atomic mass is 9.75. The minimum absolute atomic E-state index is 0.161. The second kappa shape index (κ2) is 5.94. The van der Waals surface area contributed by atoms with E-state index in [0.717, 1.165) is 16.5 Å². The summed E-state index contributed by atoms with van der Waals surface area (Å²) in [5.41, 5.74) is 0.716. The van der Waals surface area contributed by atoms with Crippen LogP contribution in [0.4, 0.5) is 0 Å². The van der Waals surface area contributed by atoms with Crippen molar-refractivity contribution in [3.63, 3.8) is 0 Å². The van der Waals surface area contributed by atoms with E-state index in [1.165, 1.54) is 5.56 Å². The van der Waals surface area contributed by atoms with E-state index in [1.807, 2.05) is 6.07 Å². The van der Waals surface area contributed by atoms with Gasteiger partial charge in [-0.1, -0.05) is 13.0 Å². The Morgan fingerprint density at radius 3 is 2.24 bits per heavy atom. The molecule has 1 aromatic rings. The molecule has 1 aromatic carbocycles. The van der Waals surface area contributed by atoms with Gasteiger partial charge in [-0.25, -0.2) is 0 Å². The van der Waals surface area contributed by atoms with Gasteiger partial charge in [-0.15, -0.1) is 0 Å². The van der Waals surface area contributed by atoms with E-state index in [2.05, 4.69) is 62.7 Å². The summed E-state index contributed by atoms with van der Waals surface area (Å²) in [4.78, 5) is 0. The first kappa shape index (κ1) is 16.8. The molecule has 1 atom stereocenters. The lowest BCUT2D eigenvalue weighted by Gasteiger charge is -2.32. The number of benzene rings is 1. The van der Waals surface area contributed by atoms with Gasteiger partial charge in [-0.3, -0.25) is 0 Å². The molecule has 2 rings (SSSR count). The van der Waals surface area contributed by atoms with Gasteiger partial charge in [0.05, 0.1) is 22.8 Å². The van der Waals surface area contributed by atoms with E-state index in [9.17, 15) is 0 Å². The number of halogens is 1. The fourth-order valence-corrected chi connectivity index (χ4v) is 3.03. The third kappa shape index (κ3) is 3.46. The van der Waals surface area contributed by atoms with E-state index in [4.69, 9.17) is 14.0 Å². The zero-order valence-corrected chi connectivity index (χ0v) is 15.3. The van der Waals surface area contributed by atoms with Gasteiger partial charge in [0, 0.05) is 0 Å². The summed E-state index contributed by atoms with van der Waals surface area (Å²) < 4.78 is 18.4. The van der Waals surface area contributed by atoms with Crippen molar-refractivity contribution in [1.29, 1.82) is 0 Å². The number of methoxy groups -OCH3 is 1. The molecule has 0 radical (unpaired) electrons. The van der Waals surface area contributed by atoms with Gasteiger partial charge in [-0.2, -0.15) is 0 Å². The highest BCUT2D eigenvalue weighted by atomic mass is 79.9. The molecule has 0 spiro atoms. The SMILES string of the molecule is COc1ccc([C@@H](C)CB2OC(C)(C)C(C)(C)O2)cc1Br. The second-order valence-electron chi connectivity index (χ2n) is 6.72. The van der Waals surface area contributed by atoms with Gasteiger partial charge in [-0.05, 0) is 73.6 Å². The lowest BCUT2D eigenvalue weighted by molar-refractivity contribution is 0.00578. The smallest absolute Gasteiger partial charge is 0.458 e. The van der Waals surface area contributed by atoms with Crippen molar-refractivity contribution < 1.29 is 14.0 Å². The standard InChI is InChI=1S/C16H24BBrO3/c1-11(12-7-8-14(19-6)13(18)9-12)10-17-20-15(2,3)16(4,5)21-17/h7-9,11H,10H2,1-6H3/t11-/m0/s1. The lowest BCUT2D eigenvalue weighted by Crippen LogP contribution is -2.41. The van der Waals surface area contributed by atoms with Crippen LogP contribution >= 0.6 is 15.9 Å². The van der Waals surface area contributed by atoms with Crippen molar-refractivity contribution in [1.82, 2.24) is 0 Å².